The average molecular weight is 568 g/mol. The van der Waals surface area contributed by atoms with E-state index in [0.717, 1.165) is 18.3 Å². The molecule has 4 rings (SSSR count). The van der Waals surface area contributed by atoms with Gasteiger partial charge in [-0.1, -0.05) is 5.21 Å². The molecule has 1 fully saturated rings. The first-order valence-electron chi connectivity index (χ1n) is 9.14. The molecule has 2 aromatic heterocycles. The highest BCUT2D eigenvalue weighted by atomic mass is 127. The van der Waals surface area contributed by atoms with Crippen LogP contribution in [0.2, 0.25) is 0 Å². The van der Waals surface area contributed by atoms with Crippen LogP contribution in [0.15, 0.2) is 30.6 Å². The maximum Gasteiger partial charge on any atom is 0.387 e. The Morgan fingerprint density at radius 2 is 2.03 bits per heavy atom. The van der Waals surface area contributed by atoms with Gasteiger partial charge < -0.3 is 14.8 Å². The van der Waals surface area contributed by atoms with Crippen LogP contribution in [-0.4, -0.2) is 41.3 Å². The number of anilines is 1. The zero-order valence-corrected chi connectivity index (χ0v) is 18.1. The Balaban J connectivity index is 1.40. The number of benzene rings is 1. The standard InChI is InChI=1S/C18H14F5IN6O2/c19-12-2-1-11(3-14(12)32-16(21)22)30-7-10(28-29-30)8-31-17-25-6-13(20)15(27-17)26-9-4-18(23,24)5-9/h1-3,6-7,9,16H,4-5,8H2,(H,25,26,27). The fraction of sp³-hybridized carbons (Fsp3) is 0.333. The van der Waals surface area contributed by atoms with Crippen LogP contribution in [0.4, 0.5) is 27.8 Å². The topological polar surface area (TPSA) is 87.0 Å². The van der Waals surface area contributed by atoms with Crippen molar-refractivity contribution in [3.8, 4) is 17.4 Å². The molecule has 1 N–H and O–H groups in total. The number of rotatable bonds is 8. The van der Waals surface area contributed by atoms with Crippen LogP contribution < -0.4 is 14.8 Å². The molecular formula is C18H14F5IN6O2. The van der Waals surface area contributed by atoms with Gasteiger partial charge in [-0.25, -0.2) is 22.8 Å². The normalized spacial score (nSPS) is 20.2. The van der Waals surface area contributed by atoms with Crippen LogP contribution in [0.5, 0.6) is 11.8 Å². The van der Waals surface area contributed by atoms with Gasteiger partial charge in [0.1, 0.15) is 12.3 Å². The summed E-state index contributed by atoms with van der Waals surface area (Å²) in [5.41, 5.74) is 0.532. The van der Waals surface area contributed by atoms with Gasteiger partial charge in [0.15, 0.2) is 26.9 Å². The van der Waals surface area contributed by atoms with Crippen LogP contribution >= 0.6 is 22.6 Å². The molecule has 3 aromatic rings. The summed E-state index contributed by atoms with van der Waals surface area (Å²) in [4.78, 5) is 7.68. The summed E-state index contributed by atoms with van der Waals surface area (Å²) in [5.74, 6) is -2.39. The molecule has 0 amide bonds. The van der Waals surface area contributed by atoms with Crippen molar-refractivity contribution in [2.45, 2.75) is 35.8 Å². The molecule has 0 bridgehead atoms. The van der Waals surface area contributed by atoms with E-state index in [1.54, 1.807) is 22.6 Å². The zero-order chi connectivity index (χ0) is 22.9. The second-order valence-electron chi connectivity index (χ2n) is 6.89. The van der Waals surface area contributed by atoms with E-state index in [-0.39, 0.29) is 43.0 Å². The smallest absolute Gasteiger partial charge is 0.387 e. The SMILES string of the molecule is Fc1ccc(-n2cc(COc3ncc(F)c(NC4CC(F)(I)C4)n3)nn2)cc1OC(F)F. The summed E-state index contributed by atoms with van der Waals surface area (Å²) >= 11 is 1.70. The van der Waals surface area contributed by atoms with Crippen molar-refractivity contribution in [1.82, 2.24) is 25.0 Å². The third-order valence-electron chi connectivity index (χ3n) is 4.44. The Bertz CT molecular complexity index is 1110. The number of nitrogens with zero attached hydrogens (tertiary/aromatic N) is 5. The van der Waals surface area contributed by atoms with E-state index >= 15 is 0 Å². The fourth-order valence-electron chi connectivity index (χ4n) is 2.93. The lowest BCUT2D eigenvalue weighted by molar-refractivity contribution is -0.0521. The third-order valence-corrected chi connectivity index (χ3v) is 5.32. The van der Waals surface area contributed by atoms with Crippen molar-refractivity contribution < 1.29 is 31.4 Å². The van der Waals surface area contributed by atoms with Crippen LogP contribution in [0.1, 0.15) is 18.5 Å². The maximum atomic E-state index is 13.9. The fourth-order valence-corrected chi connectivity index (χ4v) is 3.99. The van der Waals surface area contributed by atoms with E-state index in [4.69, 9.17) is 4.74 Å². The van der Waals surface area contributed by atoms with Crippen molar-refractivity contribution >= 4 is 28.4 Å². The number of halogens is 6. The first-order valence-corrected chi connectivity index (χ1v) is 10.2. The maximum absolute atomic E-state index is 13.9. The van der Waals surface area contributed by atoms with Crippen LogP contribution in [0.25, 0.3) is 5.69 Å². The van der Waals surface area contributed by atoms with E-state index < -0.39 is 27.7 Å². The Labute approximate surface area is 191 Å². The molecule has 32 heavy (non-hydrogen) atoms. The molecule has 2 heterocycles. The summed E-state index contributed by atoms with van der Waals surface area (Å²) in [6.07, 6.45) is 2.79. The van der Waals surface area contributed by atoms with Gasteiger partial charge in [-0.15, -0.1) is 5.10 Å². The molecule has 0 unspecified atom stereocenters. The highest BCUT2D eigenvalue weighted by Crippen LogP contribution is 2.43. The minimum atomic E-state index is -3.18. The van der Waals surface area contributed by atoms with Gasteiger partial charge in [0, 0.05) is 24.9 Å². The van der Waals surface area contributed by atoms with Gasteiger partial charge >= 0.3 is 12.6 Å². The van der Waals surface area contributed by atoms with Gasteiger partial charge in [-0.05, 0) is 34.7 Å². The molecule has 8 nitrogen and oxygen atoms in total. The average Bonchev–Trinajstić information content (AvgIpc) is 3.17. The number of aromatic nitrogens is 5. The highest BCUT2D eigenvalue weighted by Gasteiger charge is 2.42. The summed E-state index contributed by atoms with van der Waals surface area (Å²) in [5, 5.41) is 10.5. The summed E-state index contributed by atoms with van der Waals surface area (Å²) in [7, 11) is 0. The molecule has 1 saturated carbocycles. The minimum Gasteiger partial charge on any atom is -0.457 e. The van der Waals surface area contributed by atoms with Crippen molar-refractivity contribution in [2.75, 3.05) is 5.32 Å². The first-order chi connectivity index (χ1) is 15.2. The zero-order valence-electron chi connectivity index (χ0n) is 16.0. The lowest BCUT2D eigenvalue weighted by Gasteiger charge is -2.37. The van der Waals surface area contributed by atoms with Crippen LogP contribution in [-0.2, 0) is 6.61 Å². The van der Waals surface area contributed by atoms with E-state index in [2.05, 4.69) is 30.3 Å². The van der Waals surface area contributed by atoms with E-state index in [0.29, 0.717) is 5.69 Å². The van der Waals surface area contributed by atoms with Gasteiger partial charge in [-0.2, -0.15) is 13.8 Å². The lowest BCUT2D eigenvalue weighted by Crippen LogP contribution is -2.43. The van der Waals surface area contributed by atoms with Crippen LogP contribution in [0.3, 0.4) is 0 Å². The second kappa shape index (κ2) is 8.99. The summed E-state index contributed by atoms with van der Waals surface area (Å²) < 4.78 is 75.3. The predicted molar refractivity (Wildman–Crippen MR) is 109 cm³/mol. The molecule has 170 valence electrons. The first kappa shape index (κ1) is 22.4. The molecule has 0 atom stereocenters. The van der Waals surface area contributed by atoms with Crippen LogP contribution in [0, 0.1) is 11.6 Å². The van der Waals surface area contributed by atoms with Gasteiger partial charge in [-0.3, -0.25) is 0 Å². The Morgan fingerprint density at radius 1 is 1.25 bits per heavy atom. The van der Waals surface area contributed by atoms with Crippen molar-refractivity contribution in [3.63, 3.8) is 0 Å². The van der Waals surface area contributed by atoms with E-state index in [1.165, 1.54) is 16.9 Å². The Kier molecular flexibility index (Phi) is 6.30. The van der Waals surface area contributed by atoms with Gasteiger partial charge in [0.25, 0.3) is 0 Å². The number of ether oxygens (including phenoxy) is 2. The van der Waals surface area contributed by atoms with E-state index in [1.807, 2.05) is 0 Å². The minimum absolute atomic E-state index is 0.103. The Morgan fingerprint density at radius 3 is 2.75 bits per heavy atom. The highest BCUT2D eigenvalue weighted by molar-refractivity contribution is 14.1. The predicted octanol–water partition coefficient (Wildman–Crippen LogP) is 4.19. The number of alkyl halides is 4. The molecule has 1 aliphatic carbocycles. The quantitative estimate of drug-likeness (QED) is 0.248. The number of hydrogen-bond acceptors (Lipinski definition) is 7. The molecule has 14 heteroatoms. The third kappa shape index (κ3) is 5.34. The lowest BCUT2D eigenvalue weighted by atomic mass is 9.91. The molecule has 1 aromatic carbocycles. The summed E-state index contributed by atoms with van der Waals surface area (Å²) in [6.45, 7) is -3.32. The molecule has 1 aliphatic rings. The van der Waals surface area contributed by atoms with Gasteiger partial charge in [0.2, 0.25) is 0 Å². The molecule has 0 aliphatic heterocycles. The summed E-state index contributed by atoms with van der Waals surface area (Å²) in [6, 6.07) is 2.92. The number of hydrogen-bond donors (Lipinski definition) is 1. The van der Waals surface area contributed by atoms with E-state index in [9.17, 15) is 22.0 Å². The molecule has 0 saturated heterocycles. The molecule has 0 spiro atoms. The largest absolute Gasteiger partial charge is 0.457 e. The van der Waals surface area contributed by atoms with Crippen molar-refractivity contribution in [1.29, 1.82) is 0 Å². The number of nitrogens with one attached hydrogen (secondary N) is 1. The van der Waals surface area contributed by atoms with Crippen molar-refractivity contribution in [3.05, 3.63) is 47.9 Å². The molecular weight excluding hydrogens is 554 g/mol. The monoisotopic (exact) mass is 568 g/mol. The second-order valence-corrected chi connectivity index (χ2v) is 8.82. The molecule has 0 radical (unpaired) electrons. The van der Waals surface area contributed by atoms with Crippen molar-refractivity contribution in [2.24, 2.45) is 0 Å². The van der Waals surface area contributed by atoms with Gasteiger partial charge in [0.05, 0.1) is 18.1 Å². The Hall–Kier alpha value is -2.78.